The first-order valence-corrected chi connectivity index (χ1v) is 10.4. The lowest BCUT2D eigenvalue weighted by Gasteiger charge is -2.18. The van der Waals surface area contributed by atoms with Crippen LogP contribution in [0.5, 0.6) is 0 Å². The Kier molecular flexibility index (Phi) is 6.58. The van der Waals surface area contributed by atoms with Crippen LogP contribution in [0.4, 0.5) is 5.13 Å². The summed E-state index contributed by atoms with van der Waals surface area (Å²) in [6.45, 7) is 2.16. The molecular formula is C18H29N5O2S. The van der Waals surface area contributed by atoms with Gasteiger partial charge in [0.1, 0.15) is 5.01 Å². The molecule has 144 valence electrons. The molecule has 2 fully saturated rings. The zero-order valence-electron chi connectivity index (χ0n) is 15.7. The van der Waals surface area contributed by atoms with Crippen LogP contribution in [0.2, 0.25) is 0 Å². The van der Waals surface area contributed by atoms with E-state index in [2.05, 4.69) is 20.4 Å². The Bertz CT molecular complexity index is 627. The minimum atomic E-state index is -0.288. The zero-order chi connectivity index (χ0) is 18.5. The summed E-state index contributed by atoms with van der Waals surface area (Å²) in [6.07, 6.45) is 7.36. The second-order valence-electron chi connectivity index (χ2n) is 7.67. The molecule has 2 aliphatic rings. The molecule has 0 bridgehead atoms. The number of nitrogens with one attached hydrogen (secondary N) is 1. The molecule has 2 amide bonds. The molecule has 7 nitrogen and oxygen atoms in total. The van der Waals surface area contributed by atoms with Crippen LogP contribution < -0.4 is 5.32 Å². The smallest absolute Gasteiger partial charge is 0.231 e. The van der Waals surface area contributed by atoms with Crippen LogP contribution in [-0.4, -0.2) is 65.5 Å². The third-order valence-electron chi connectivity index (χ3n) is 5.24. The SMILES string of the molecule is CN(C)CCCN1CC(C(=O)Nc2nnc(C3CCCCC3)s2)CC1=O. The molecule has 1 aromatic rings. The lowest BCUT2D eigenvalue weighted by atomic mass is 9.90. The van der Waals surface area contributed by atoms with Crippen molar-refractivity contribution in [1.29, 1.82) is 0 Å². The number of carbonyl (C=O) groups excluding carboxylic acids is 2. The molecule has 1 atom stereocenters. The van der Waals surface area contributed by atoms with Gasteiger partial charge >= 0.3 is 0 Å². The van der Waals surface area contributed by atoms with Gasteiger partial charge in [0, 0.05) is 25.4 Å². The van der Waals surface area contributed by atoms with Crippen molar-refractivity contribution in [3.05, 3.63) is 5.01 Å². The van der Waals surface area contributed by atoms with E-state index in [9.17, 15) is 9.59 Å². The van der Waals surface area contributed by atoms with Gasteiger partial charge < -0.3 is 15.1 Å². The summed E-state index contributed by atoms with van der Waals surface area (Å²) in [5, 5.41) is 12.9. The summed E-state index contributed by atoms with van der Waals surface area (Å²) in [4.78, 5) is 28.6. The topological polar surface area (TPSA) is 78.4 Å². The van der Waals surface area contributed by atoms with Crippen molar-refractivity contribution in [1.82, 2.24) is 20.0 Å². The molecule has 1 N–H and O–H groups in total. The van der Waals surface area contributed by atoms with Gasteiger partial charge in [0.15, 0.2) is 0 Å². The molecule has 1 aromatic heterocycles. The molecule has 0 spiro atoms. The Morgan fingerprint density at radius 2 is 2.04 bits per heavy atom. The van der Waals surface area contributed by atoms with E-state index in [-0.39, 0.29) is 17.7 Å². The average molecular weight is 380 g/mol. The van der Waals surface area contributed by atoms with Crippen molar-refractivity contribution in [2.24, 2.45) is 5.92 Å². The molecule has 3 rings (SSSR count). The van der Waals surface area contributed by atoms with E-state index in [0.717, 1.165) is 18.0 Å². The van der Waals surface area contributed by atoms with Crippen molar-refractivity contribution in [3.63, 3.8) is 0 Å². The third-order valence-corrected chi connectivity index (χ3v) is 6.25. The van der Waals surface area contributed by atoms with Crippen LogP contribution in [0.3, 0.4) is 0 Å². The van der Waals surface area contributed by atoms with Gasteiger partial charge in [-0.2, -0.15) is 0 Å². The number of hydrogen-bond donors (Lipinski definition) is 1. The van der Waals surface area contributed by atoms with Gasteiger partial charge in [0.25, 0.3) is 0 Å². The fourth-order valence-electron chi connectivity index (χ4n) is 3.75. The highest BCUT2D eigenvalue weighted by atomic mass is 32.1. The molecule has 1 aliphatic heterocycles. The van der Waals surface area contributed by atoms with Crippen LogP contribution in [0, 0.1) is 5.92 Å². The number of likely N-dealkylation sites (tertiary alicyclic amines) is 1. The van der Waals surface area contributed by atoms with Crippen LogP contribution in [0.25, 0.3) is 0 Å². The largest absolute Gasteiger partial charge is 0.342 e. The monoisotopic (exact) mass is 379 g/mol. The van der Waals surface area contributed by atoms with E-state index in [1.165, 1.54) is 43.4 Å². The number of amides is 2. The maximum atomic E-state index is 12.5. The van der Waals surface area contributed by atoms with Gasteiger partial charge in [-0.3, -0.25) is 9.59 Å². The molecule has 1 saturated carbocycles. The van der Waals surface area contributed by atoms with Gasteiger partial charge in [-0.1, -0.05) is 30.6 Å². The molecular weight excluding hydrogens is 350 g/mol. The van der Waals surface area contributed by atoms with Gasteiger partial charge in [-0.25, -0.2) is 0 Å². The minimum Gasteiger partial charge on any atom is -0.342 e. The summed E-state index contributed by atoms with van der Waals surface area (Å²) >= 11 is 1.49. The Morgan fingerprint density at radius 3 is 2.77 bits per heavy atom. The minimum absolute atomic E-state index is 0.0732. The lowest BCUT2D eigenvalue weighted by molar-refractivity contribution is -0.128. The molecule has 1 saturated heterocycles. The van der Waals surface area contributed by atoms with Crippen molar-refractivity contribution in [2.45, 2.75) is 50.9 Å². The number of anilines is 1. The predicted octanol–water partition coefficient (Wildman–Crippen LogP) is 2.32. The third kappa shape index (κ3) is 5.01. The van der Waals surface area contributed by atoms with Crippen molar-refractivity contribution >= 4 is 28.3 Å². The van der Waals surface area contributed by atoms with E-state index >= 15 is 0 Å². The molecule has 0 aromatic carbocycles. The van der Waals surface area contributed by atoms with E-state index in [4.69, 9.17) is 0 Å². The van der Waals surface area contributed by atoms with Gasteiger partial charge in [0.2, 0.25) is 16.9 Å². The average Bonchev–Trinajstić information content (AvgIpc) is 3.23. The molecule has 1 unspecified atom stereocenters. The van der Waals surface area contributed by atoms with Crippen LogP contribution in [0.1, 0.15) is 55.9 Å². The Morgan fingerprint density at radius 1 is 1.27 bits per heavy atom. The Balaban J connectivity index is 1.49. The fourth-order valence-corrected chi connectivity index (χ4v) is 4.66. The standard InChI is InChI=1S/C18H29N5O2S/c1-22(2)9-6-10-23-12-14(11-15(23)24)16(25)19-18-21-20-17(26-18)13-7-4-3-5-8-13/h13-14H,3-12H2,1-2H3,(H,19,21,25). The summed E-state index contributed by atoms with van der Waals surface area (Å²) in [5.74, 6) is 0.167. The van der Waals surface area contributed by atoms with E-state index < -0.39 is 0 Å². The highest BCUT2D eigenvalue weighted by molar-refractivity contribution is 7.15. The predicted molar refractivity (Wildman–Crippen MR) is 102 cm³/mol. The summed E-state index contributed by atoms with van der Waals surface area (Å²) in [5.41, 5.74) is 0. The van der Waals surface area contributed by atoms with Gasteiger partial charge in [-0.05, 0) is 39.9 Å². The lowest BCUT2D eigenvalue weighted by Crippen LogP contribution is -2.30. The molecule has 26 heavy (non-hydrogen) atoms. The van der Waals surface area contributed by atoms with E-state index in [1.807, 2.05) is 14.1 Å². The zero-order valence-corrected chi connectivity index (χ0v) is 16.6. The number of carbonyl (C=O) groups is 2. The first-order chi connectivity index (χ1) is 12.5. The second-order valence-corrected chi connectivity index (χ2v) is 8.68. The molecule has 0 radical (unpaired) electrons. The number of nitrogens with zero attached hydrogens (tertiary/aromatic N) is 4. The van der Waals surface area contributed by atoms with Crippen molar-refractivity contribution in [3.8, 4) is 0 Å². The highest BCUT2D eigenvalue weighted by Crippen LogP contribution is 2.35. The maximum absolute atomic E-state index is 12.5. The Hall–Kier alpha value is -1.54. The second kappa shape index (κ2) is 8.90. The normalized spacial score (nSPS) is 21.6. The van der Waals surface area contributed by atoms with Gasteiger partial charge in [0.05, 0.1) is 5.92 Å². The maximum Gasteiger partial charge on any atom is 0.231 e. The molecule has 8 heteroatoms. The first kappa shape index (κ1) is 19.2. The van der Waals surface area contributed by atoms with Crippen LogP contribution >= 0.6 is 11.3 Å². The van der Waals surface area contributed by atoms with E-state index in [1.54, 1.807) is 4.90 Å². The van der Waals surface area contributed by atoms with Crippen molar-refractivity contribution in [2.75, 3.05) is 39.0 Å². The summed E-state index contributed by atoms with van der Waals surface area (Å²) in [7, 11) is 4.04. The summed E-state index contributed by atoms with van der Waals surface area (Å²) in [6, 6.07) is 0. The fraction of sp³-hybridized carbons (Fsp3) is 0.778. The first-order valence-electron chi connectivity index (χ1n) is 9.59. The van der Waals surface area contributed by atoms with Crippen LogP contribution in [-0.2, 0) is 9.59 Å². The number of rotatable bonds is 7. The highest BCUT2D eigenvalue weighted by Gasteiger charge is 2.34. The van der Waals surface area contributed by atoms with E-state index in [0.29, 0.717) is 30.6 Å². The number of aromatic nitrogens is 2. The molecule has 2 heterocycles. The number of hydrogen-bond acceptors (Lipinski definition) is 6. The summed E-state index contributed by atoms with van der Waals surface area (Å²) < 4.78 is 0. The van der Waals surface area contributed by atoms with Gasteiger partial charge in [-0.15, -0.1) is 10.2 Å². The molecule has 1 aliphatic carbocycles. The van der Waals surface area contributed by atoms with Crippen LogP contribution in [0.15, 0.2) is 0 Å². The Labute approximate surface area is 159 Å². The quantitative estimate of drug-likeness (QED) is 0.787. The van der Waals surface area contributed by atoms with Crippen molar-refractivity contribution < 1.29 is 9.59 Å².